The minimum atomic E-state index is -0.633. The number of nitrogens with zero attached hydrogens (tertiary/aromatic N) is 2. The number of nitrogens with one attached hydrogen (secondary N) is 1. The zero-order valence-electron chi connectivity index (χ0n) is 18.0. The van der Waals surface area contributed by atoms with Crippen LogP contribution in [-0.2, 0) is 4.79 Å². The Bertz CT molecular complexity index is 899. The van der Waals surface area contributed by atoms with Crippen LogP contribution in [0, 0.1) is 0 Å². The number of hydrogen-bond donors (Lipinski definition) is 2. The fourth-order valence-electron chi connectivity index (χ4n) is 3.32. The SMILES string of the molecule is COc1cc(C(=O)Nc2ccc(N3CCN(C)CC3)cc2)cc(OC)c1OCC(N)=O. The minimum absolute atomic E-state index is 0.205. The van der Waals surface area contributed by atoms with Gasteiger partial charge in [-0.25, -0.2) is 0 Å². The number of piperazine rings is 1. The Morgan fingerprint density at radius 1 is 1.00 bits per heavy atom. The lowest BCUT2D eigenvalue weighted by Gasteiger charge is -2.34. The molecule has 0 aromatic heterocycles. The van der Waals surface area contributed by atoms with Gasteiger partial charge in [0.2, 0.25) is 5.75 Å². The summed E-state index contributed by atoms with van der Waals surface area (Å²) in [7, 11) is 4.99. The van der Waals surface area contributed by atoms with E-state index >= 15 is 0 Å². The third kappa shape index (κ3) is 5.58. The Hall–Kier alpha value is -3.46. The van der Waals surface area contributed by atoms with Crippen molar-refractivity contribution >= 4 is 23.2 Å². The highest BCUT2D eigenvalue weighted by atomic mass is 16.5. The number of carbonyl (C=O) groups excluding carboxylic acids is 2. The van der Waals surface area contributed by atoms with E-state index in [1.165, 1.54) is 26.4 Å². The van der Waals surface area contributed by atoms with Gasteiger partial charge in [-0.05, 0) is 43.4 Å². The monoisotopic (exact) mass is 428 g/mol. The number of primary amides is 1. The lowest BCUT2D eigenvalue weighted by molar-refractivity contribution is -0.120. The van der Waals surface area contributed by atoms with E-state index < -0.39 is 5.91 Å². The molecule has 1 saturated heterocycles. The Morgan fingerprint density at radius 3 is 2.10 bits per heavy atom. The first-order valence-electron chi connectivity index (χ1n) is 9.93. The molecule has 2 aromatic carbocycles. The summed E-state index contributed by atoms with van der Waals surface area (Å²) in [6.45, 7) is 3.68. The van der Waals surface area contributed by atoms with Crippen molar-refractivity contribution in [1.29, 1.82) is 0 Å². The number of amides is 2. The highest BCUT2D eigenvalue weighted by molar-refractivity contribution is 6.05. The first kappa shape index (κ1) is 22.2. The second-order valence-electron chi connectivity index (χ2n) is 7.26. The number of hydrogen-bond acceptors (Lipinski definition) is 7. The molecule has 3 N–H and O–H groups in total. The lowest BCUT2D eigenvalue weighted by atomic mass is 10.1. The maximum Gasteiger partial charge on any atom is 0.255 e. The maximum absolute atomic E-state index is 12.8. The smallest absolute Gasteiger partial charge is 0.255 e. The number of likely N-dealkylation sites (N-methyl/N-ethyl adjacent to an activating group) is 1. The quantitative estimate of drug-likeness (QED) is 0.657. The van der Waals surface area contributed by atoms with Gasteiger partial charge in [0.05, 0.1) is 14.2 Å². The second-order valence-corrected chi connectivity index (χ2v) is 7.26. The molecule has 31 heavy (non-hydrogen) atoms. The van der Waals surface area contributed by atoms with E-state index in [9.17, 15) is 9.59 Å². The van der Waals surface area contributed by atoms with Crippen LogP contribution in [0.3, 0.4) is 0 Å². The molecule has 3 rings (SSSR count). The molecule has 0 unspecified atom stereocenters. The molecule has 9 heteroatoms. The van der Waals surface area contributed by atoms with Crippen LogP contribution in [0.25, 0.3) is 0 Å². The number of anilines is 2. The van der Waals surface area contributed by atoms with Gasteiger partial charge < -0.3 is 35.1 Å². The van der Waals surface area contributed by atoms with Crippen molar-refractivity contribution in [3.05, 3.63) is 42.0 Å². The molecule has 166 valence electrons. The van der Waals surface area contributed by atoms with Crippen molar-refractivity contribution < 1.29 is 23.8 Å². The Labute approximate surface area is 181 Å². The van der Waals surface area contributed by atoms with Crippen LogP contribution in [0.5, 0.6) is 17.2 Å². The fourth-order valence-corrected chi connectivity index (χ4v) is 3.32. The van der Waals surface area contributed by atoms with Gasteiger partial charge >= 0.3 is 0 Å². The molecular weight excluding hydrogens is 400 g/mol. The summed E-state index contributed by atoms with van der Waals surface area (Å²) in [6, 6.07) is 10.8. The minimum Gasteiger partial charge on any atom is -0.493 e. The van der Waals surface area contributed by atoms with Gasteiger partial charge in [-0.2, -0.15) is 0 Å². The van der Waals surface area contributed by atoms with Gasteiger partial charge in [0.15, 0.2) is 18.1 Å². The summed E-state index contributed by atoms with van der Waals surface area (Å²) in [6.07, 6.45) is 0. The van der Waals surface area contributed by atoms with E-state index in [1.54, 1.807) is 0 Å². The number of carbonyl (C=O) groups is 2. The Morgan fingerprint density at radius 2 is 1.58 bits per heavy atom. The second kappa shape index (κ2) is 10.0. The summed E-state index contributed by atoms with van der Waals surface area (Å²) in [4.78, 5) is 28.5. The molecule has 1 fully saturated rings. The number of nitrogens with two attached hydrogens (primary N) is 1. The zero-order chi connectivity index (χ0) is 22.4. The van der Waals surface area contributed by atoms with E-state index in [1.807, 2.05) is 24.3 Å². The summed E-state index contributed by atoms with van der Waals surface area (Å²) in [5, 5.41) is 2.88. The van der Waals surface area contributed by atoms with Gasteiger partial charge in [-0.1, -0.05) is 0 Å². The number of methoxy groups -OCH3 is 2. The van der Waals surface area contributed by atoms with E-state index in [0.29, 0.717) is 11.3 Å². The Kier molecular flexibility index (Phi) is 7.19. The number of benzene rings is 2. The van der Waals surface area contributed by atoms with Crippen LogP contribution in [0.15, 0.2) is 36.4 Å². The molecule has 0 atom stereocenters. The van der Waals surface area contributed by atoms with Gasteiger partial charge in [0, 0.05) is 43.1 Å². The van der Waals surface area contributed by atoms with Crippen LogP contribution in [0.2, 0.25) is 0 Å². The molecule has 1 aliphatic heterocycles. The molecule has 1 aliphatic rings. The predicted molar refractivity (Wildman–Crippen MR) is 118 cm³/mol. The zero-order valence-corrected chi connectivity index (χ0v) is 18.0. The van der Waals surface area contributed by atoms with Gasteiger partial charge in [0.25, 0.3) is 11.8 Å². The molecule has 0 bridgehead atoms. The standard InChI is InChI=1S/C22H28N4O5/c1-25-8-10-26(11-9-25)17-6-4-16(5-7-17)24-22(28)15-12-18(29-2)21(19(13-15)30-3)31-14-20(23)27/h4-7,12-13H,8-11,14H2,1-3H3,(H2,23,27)(H,24,28). The molecule has 9 nitrogen and oxygen atoms in total. The largest absolute Gasteiger partial charge is 0.493 e. The highest BCUT2D eigenvalue weighted by Crippen LogP contribution is 2.38. The topological polar surface area (TPSA) is 106 Å². The van der Waals surface area contributed by atoms with E-state index in [-0.39, 0.29) is 29.8 Å². The van der Waals surface area contributed by atoms with Crippen LogP contribution in [-0.4, -0.2) is 70.8 Å². The van der Waals surface area contributed by atoms with E-state index in [4.69, 9.17) is 19.9 Å². The summed E-state index contributed by atoms with van der Waals surface area (Å²) in [5.41, 5.74) is 7.27. The molecule has 0 saturated carbocycles. The van der Waals surface area contributed by atoms with E-state index in [0.717, 1.165) is 31.9 Å². The number of ether oxygens (including phenoxy) is 3. The van der Waals surface area contributed by atoms with Crippen molar-refractivity contribution in [2.45, 2.75) is 0 Å². The van der Waals surface area contributed by atoms with Crippen molar-refractivity contribution in [1.82, 2.24) is 4.90 Å². The summed E-state index contributed by atoms with van der Waals surface area (Å²) >= 11 is 0. The van der Waals surface area contributed by atoms with Gasteiger partial charge in [0.1, 0.15) is 0 Å². The van der Waals surface area contributed by atoms with Crippen molar-refractivity contribution in [3.8, 4) is 17.2 Å². The average Bonchev–Trinajstić information content (AvgIpc) is 2.78. The molecular formula is C22H28N4O5. The van der Waals surface area contributed by atoms with Crippen LogP contribution >= 0.6 is 0 Å². The molecule has 2 amide bonds. The summed E-state index contributed by atoms with van der Waals surface area (Å²) in [5.74, 6) is -0.236. The van der Waals surface area contributed by atoms with Crippen molar-refractivity contribution in [2.75, 3.05) is 64.3 Å². The van der Waals surface area contributed by atoms with Crippen LogP contribution in [0.4, 0.5) is 11.4 Å². The fraction of sp³-hybridized carbons (Fsp3) is 0.364. The summed E-state index contributed by atoms with van der Waals surface area (Å²) < 4.78 is 16.0. The molecule has 0 aliphatic carbocycles. The highest BCUT2D eigenvalue weighted by Gasteiger charge is 2.19. The number of rotatable bonds is 8. The third-order valence-electron chi connectivity index (χ3n) is 5.08. The first-order valence-corrected chi connectivity index (χ1v) is 9.93. The lowest BCUT2D eigenvalue weighted by Crippen LogP contribution is -2.44. The third-order valence-corrected chi connectivity index (χ3v) is 5.08. The van der Waals surface area contributed by atoms with Crippen LogP contribution in [0.1, 0.15) is 10.4 Å². The average molecular weight is 428 g/mol. The maximum atomic E-state index is 12.8. The van der Waals surface area contributed by atoms with Gasteiger partial charge in [-0.3, -0.25) is 9.59 Å². The normalized spacial score (nSPS) is 14.1. The molecule has 1 heterocycles. The Balaban J connectivity index is 1.73. The molecule has 0 spiro atoms. The van der Waals surface area contributed by atoms with Crippen LogP contribution < -0.4 is 30.2 Å². The van der Waals surface area contributed by atoms with Crippen molar-refractivity contribution in [3.63, 3.8) is 0 Å². The van der Waals surface area contributed by atoms with Crippen molar-refractivity contribution in [2.24, 2.45) is 5.73 Å². The van der Waals surface area contributed by atoms with E-state index in [2.05, 4.69) is 22.2 Å². The van der Waals surface area contributed by atoms with Gasteiger partial charge in [-0.15, -0.1) is 0 Å². The first-order chi connectivity index (χ1) is 14.9. The predicted octanol–water partition coefficient (Wildman–Crippen LogP) is 1.57. The molecule has 2 aromatic rings. The molecule has 0 radical (unpaired) electrons.